The van der Waals surface area contributed by atoms with E-state index in [1.807, 2.05) is 12.2 Å². The predicted octanol–water partition coefficient (Wildman–Crippen LogP) is 4.04. The quantitative estimate of drug-likeness (QED) is 0.377. The molecule has 3 aliphatic rings. The zero-order chi connectivity index (χ0) is 22.6. The van der Waals surface area contributed by atoms with E-state index in [2.05, 4.69) is 0 Å². The average molecular weight is 469 g/mol. The first-order chi connectivity index (χ1) is 15.4. The van der Waals surface area contributed by atoms with Crippen LogP contribution in [0, 0.1) is 23.7 Å². The third-order valence-corrected chi connectivity index (χ3v) is 7.02. The fourth-order valence-electron chi connectivity index (χ4n) is 5.01. The minimum Gasteiger partial charge on any atom is -0.292 e. The van der Waals surface area contributed by atoms with Gasteiger partial charge in [-0.2, -0.15) is 5.01 Å². The Bertz CT molecular complexity index is 1150. The third-order valence-electron chi connectivity index (χ3n) is 6.47. The topological polar surface area (TPSA) is 74.8 Å². The third kappa shape index (κ3) is 3.26. The Hall–Kier alpha value is -2.96. The van der Waals surface area contributed by atoms with Crippen molar-refractivity contribution >= 4 is 46.7 Å². The standard InChI is InChI=1S/C24H18Cl2N2O4/c25-16-8-9-17(18(26)11-16)22(30)27(12-19(29)13-4-2-1-3-5-13)28-23(31)20-14-6-7-15(10-14)21(20)24(28)32/h1-9,11,14-15,20-21H,10,12H2/t14-,15-,20-,21+/m0/s1. The minimum atomic E-state index is -0.710. The van der Waals surface area contributed by atoms with Gasteiger partial charge in [-0.25, -0.2) is 5.01 Å². The highest BCUT2D eigenvalue weighted by Crippen LogP contribution is 2.52. The van der Waals surface area contributed by atoms with E-state index in [1.54, 1.807) is 30.3 Å². The molecule has 8 heteroatoms. The number of Topliss-reactive ketones (excluding diaryl/α,β-unsaturated/α-hetero) is 1. The first kappa shape index (κ1) is 20.9. The van der Waals surface area contributed by atoms with Crippen LogP contribution >= 0.6 is 23.2 Å². The lowest BCUT2D eigenvalue weighted by molar-refractivity contribution is -0.154. The van der Waals surface area contributed by atoms with Crippen molar-refractivity contribution in [1.29, 1.82) is 0 Å². The predicted molar refractivity (Wildman–Crippen MR) is 118 cm³/mol. The van der Waals surface area contributed by atoms with Gasteiger partial charge in [0, 0.05) is 10.6 Å². The van der Waals surface area contributed by atoms with Crippen LogP contribution in [0.4, 0.5) is 0 Å². The molecule has 4 atom stereocenters. The van der Waals surface area contributed by atoms with Crippen molar-refractivity contribution in [2.75, 3.05) is 6.54 Å². The summed E-state index contributed by atoms with van der Waals surface area (Å²) in [5, 5.41) is 2.22. The maximum atomic E-state index is 13.5. The van der Waals surface area contributed by atoms with Crippen LogP contribution < -0.4 is 0 Å². The van der Waals surface area contributed by atoms with Gasteiger partial charge in [-0.15, -0.1) is 0 Å². The number of hydrogen-bond acceptors (Lipinski definition) is 4. The molecule has 1 saturated heterocycles. The molecular weight excluding hydrogens is 451 g/mol. The molecule has 0 spiro atoms. The van der Waals surface area contributed by atoms with E-state index in [0.717, 1.165) is 16.4 Å². The van der Waals surface area contributed by atoms with E-state index in [9.17, 15) is 19.2 Å². The first-order valence-electron chi connectivity index (χ1n) is 10.3. The number of amides is 3. The molecule has 32 heavy (non-hydrogen) atoms. The molecule has 2 aromatic rings. The number of imide groups is 1. The van der Waals surface area contributed by atoms with E-state index in [4.69, 9.17) is 23.2 Å². The molecule has 0 radical (unpaired) electrons. The highest BCUT2D eigenvalue weighted by molar-refractivity contribution is 6.36. The van der Waals surface area contributed by atoms with Crippen molar-refractivity contribution in [3.8, 4) is 0 Å². The average Bonchev–Trinajstić information content (AvgIpc) is 3.46. The summed E-state index contributed by atoms with van der Waals surface area (Å²) >= 11 is 12.2. The van der Waals surface area contributed by atoms with Crippen molar-refractivity contribution in [3.63, 3.8) is 0 Å². The van der Waals surface area contributed by atoms with Crippen molar-refractivity contribution in [3.05, 3.63) is 81.9 Å². The van der Waals surface area contributed by atoms with Gasteiger partial charge in [0.05, 0.1) is 22.4 Å². The fraction of sp³-hybridized carbons (Fsp3) is 0.250. The fourth-order valence-corrected chi connectivity index (χ4v) is 5.50. The smallest absolute Gasteiger partial charge is 0.274 e. The lowest BCUT2D eigenvalue weighted by Gasteiger charge is -2.31. The van der Waals surface area contributed by atoms with E-state index < -0.39 is 41.9 Å². The van der Waals surface area contributed by atoms with Gasteiger partial charge in [-0.3, -0.25) is 19.2 Å². The number of ketones is 1. The molecule has 0 unspecified atom stereocenters. The second-order valence-electron chi connectivity index (χ2n) is 8.26. The molecular formula is C24H18Cl2N2O4. The summed E-state index contributed by atoms with van der Waals surface area (Å²) in [4.78, 5) is 53.1. The molecule has 1 heterocycles. The number of rotatable bonds is 5. The van der Waals surface area contributed by atoms with Gasteiger partial charge >= 0.3 is 0 Å². The second kappa shape index (κ2) is 7.87. The molecule has 1 aliphatic heterocycles. The molecule has 162 valence electrons. The Labute approximate surface area is 194 Å². The van der Waals surface area contributed by atoms with E-state index >= 15 is 0 Å². The van der Waals surface area contributed by atoms with E-state index in [1.165, 1.54) is 18.2 Å². The summed E-state index contributed by atoms with van der Waals surface area (Å²) in [6.45, 7) is -0.471. The van der Waals surface area contributed by atoms with E-state index in [0.29, 0.717) is 10.6 Å². The number of benzene rings is 2. The summed E-state index contributed by atoms with van der Waals surface area (Å²) in [5.74, 6) is -3.05. The number of hydrazine groups is 1. The van der Waals surface area contributed by atoms with Gasteiger partial charge in [0.15, 0.2) is 5.78 Å². The van der Waals surface area contributed by atoms with Crippen molar-refractivity contribution in [1.82, 2.24) is 10.0 Å². The Kier molecular flexibility index (Phi) is 5.14. The highest BCUT2D eigenvalue weighted by Gasteiger charge is 2.61. The summed E-state index contributed by atoms with van der Waals surface area (Å²) in [6, 6.07) is 12.7. The molecule has 0 N–H and O–H groups in total. The molecule has 2 aliphatic carbocycles. The maximum Gasteiger partial charge on any atom is 0.274 e. The molecule has 5 rings (SSSR count). The Morgan fingerprint density at radius 1 is 0.938 bits per heavy atom. The van der Waals surface area contributed by atoms with Crippen LogP contribution in [0.15, 0.2) is 60.7 Å². The van der Waals surface area contributed by atoms with Gasteiger partial charge in [0.1, 0.15) is 6.54 Å². The Morgan fingerprint density at radius 3 is 2.16 bits per heavy atom. The molecule has 3 amide bonds. The first-order valence-corrected chi connectivity index (χ1v) is 11.0. The normalized spacial score (nSPS) is 25.4. The van der Waals surface area contributed by atoms with Gasteiger partial charge in [-0.05, 0) is 36.5 Å². The van der Waals surface area contributed by atoms with Crippen LogP contribution in [-0.2, 0) is 9.59 Å². The zero-order valence-electron chi connectivity index (χ0n) is 16.8. The zero-order valence-corrected chi connectivity index (χ0v) is 18.3. The summed E-state index contributed by atoms with van der Waals surface area (Å²) in [5.41, 5.74) is 0.421. The largest absolute Gasteiger partial charge is 0.292 e. The molecule has 6 nitrogen and oxygen atoms in total. The Morgan fingerprint density at radius 2 is 1.56 bits per heavy atom. The van der Waals surface area contributed by atoms with Crippen LogP contribution in [-0.4, -0.2) is 40.1 Å². The number of nitrogens with zero attached hydrogens (tertiary/aromatic N) is 2. The van der Waals surface area contributed by atoms with Crippen molar-refractivity contribution < 1.29 is 19.2 Å². The maximum absolute atomic E-state index is 13.5. The van der Waals surface area contributed by atoms with Crippen LogP contribution in [0.2, 0.25) is 10.0 Å². The highest BCUT2D eigenvalue weighted by atomic mass is 35.5. The van der Waals surface area contributed by atoms with Crippen molar-refractivity contribution in [2.24, 2.45) is 23.7 Å². The minimum absolute atomic E-state index is 0.0210. The van der Waals surface area contributed by atoms with Crippen LogP contribution in [0.3, 0.4) is 0 Å². The van der Waals surface area contributed by atoms with Crippen LogP contribution in [0.25, 0.3) is 0 Å². The number of carbonyl (C=O) groups excluding carboxylic acids is 4. The van der Waals surface area contributed by atoms with Gasteiger partial charge in [0.25, 0.3) is 17.7 Å². The second-order valence-corrected chi connectivity index (χ2v) is 9.11. The summed E-state index contributed by atoms with van der Waals surface area (Å²) in [6.07, 6.45) is 4.70. The lowest BCUT2D eigenvalue weighted by atomic mass is 9.85. The number of fused-ring (bicyclic) bond motifs is 5. The molecule has 2 fully saturated rings. The Balaban J connectivity index is 1.52. The van der Waals surface area contributed by atoms with Gasteiger partial charge in [-0.1, -0.05) is 65.7 Å². The molecule has 2 bridgehead atoms. The number of hydrogen-bond donors (Lipinski definition) is 0. The lowest BCUT2D eigenvalue weighted by Crippen LogP contribution is -2.52. The SMILES string of the molecule is O=C(CN(C(=O)c1ccc(Cl)cc1Cl)N1C(=O)[C@@H]2[C@H](C1=O)[C@H]1C=C[C@H]2C1)c1ccccc1. The van der Waals surface area contributed by atoms with Crippen LogP contribution in [0.1, 0.15) is 27.1 Å². The molecule has 2 aromatic carbocycles. The van der Waals surface area contributed by atoms with Crippen molar-refractivity contribution in [2.45, 2.75) is 6.42 Å². The monoisotopic (exact) mass is 468 g/mol. The molecule has 1 saturated carbocycles. The van der Waals surface area contributed by atoms with Gasteiger partial charge in [0.2, 0.25) is 0 Å². The summed E-state index contributed by atoms with van der Waals surface area (Å²) in [7, 11) is 0. The number of allylic oxidation sites excluding steroid dienone is 2. The van der Waals surface area contributed by atoms with Crippen LogP contribution in [0.5, 0.6) is 0 Å². The number of halogens is 2. The number of carbonyl (C=O) groups is 4. The summed E-state index contributed by atoms with van der Waals surface area (Å²) < 4.78 is 0. The van der Waals surface area contributed by atoms with E-state index in [-0.39, 0.29) is 22.4 Å². The van der Waals surface area contributed by atoms with Gasteiger partial charge < -0.3 is 0 Å². The molecule has 0 aromatic heterocycles.